The SMILES string of the molecule is Cc1c(-c2cnc(N3CCC3)nc2)nc2c([C@@H](C)Nc3ccc(Cl)nc3C(=O)O)cc(Cl)cn2c1=O. The molecule has 184 valence electrons. The fourth-order valence-corrected chi connectivity index (χ4v) is 4.43. The number of rotatable bonds is 6. The van der Waals surface area contributed by atoms with Crippen molar-refractivity contribution in [1.82, 2.24) is 24.3 Å². The number of carbonyl (C=O) groups is 1. The molecule has 1 saturated heterocycles. The summed E-state index contributed by atoms with van der Waals surface area (Å²) < 4.78 is 1.39. The van der Waals surface area contributed by atoms with E-state index in [1.165, 1.54) is 22.7 Å². The van der Waals surface area contributed by atoms with Crippen LogP contribution in [0.25, 0.3) is 16.9 Å². The molecule has 1 atom stereocenters. The van der Waals surface area contributed by atoms with E-state index in [9.17, 15) is 14.7 Å². The van der Waals surface area contributed by atoms with Gasteiger partial charge in [0.2, 0.25) is 5.95 Å². The third kappa shape index (κ3) is 4.33. The molecule has 1 aliphatic rings. The topological polar surface area (TPSA) is 126 Å². The van der Waals surface area contributed by atoms with Crippen LogP contribution >= 0.6 is 23.2 Å². The summed E-state index contributed by atoms with van der Waals surface area (Å²) >= 11 is 12.2. The summed E-state index contributed by atoms with van der Waals surface area (Å²) in [4.78, 5) is 44.7. The molecule has 0 aliphatic carbocycles. The van der Waals surface area contributed by atoms with Gasteiger partial charge in [0, 0.05) is 48.4 Å². The summed E-state index contributed by atoms with van der Waals surface area (Å²) in [6, 6.07) is 4.22. The van der Waals surface area contributed by atoms with Crippen molar-refractivity contribution >= 4 is 46.5 Å². The first kappa shape index (κ1) is 24.0. The molecular weight excluding hydrogens is 505 g/mol. The molecular formula is C24H21Cl2N7O3. The van der Waals surface area contributed by atoms with Gasteiger partial charge in [-0.3, -0.25) is 9.20 Å². The van der Waals surface area contributed by atoms with Gasteiger partial charge >= 0.3 is 5.97 Å². The maximum atomic E-state index is 13.3. The lowest BCUT2D eigenvalue weighted by molar-refractivity contribution is 0.0691. The Morgan fingerprint density at radius 3 is 2.53 bits per heavy atom. The van der Waals surface area contributed by atoms with Gasteiger partial charge in [-0.2, -0.15) is 0 Å². The molecule has 0 saturated carbocycles. The van der Waals surface area contributed by atoms with Crippen LogP contribution in [0.2, 0.25) is 10.2 Å². The highest BCUT2D eigenvalue weighted by Gasteiger charge is 2.21. The maximum Gasteiger partial charge on any atom is 0.356 e. The average Bonchev–Trinajstić information content (AvgIpc) is 2.81. The number of carboxylic acids is 1. The van der Waals surface area contributed by atoms with E-state index in [2.05, 4.69) is 25.2 Å². The first-order chi connectivity index (χ1) is 17.2. The van der Waals surface area contributed by atoms with Crippen molar-refractivity contribution in [2.24, 2.45) is 0 Å². The van der Waals surface area contributed by atoms with Crippen LogP contribution in [0, 0.1) is 6.92 Å². The van der Waals surface area contributed by atoms with E-state index in [4.69, 9.17) is 28.2 Å². The predicted molar refractivity (Wildman–Crippen MR) is 137 cm³/mol. The van der Waals surface area contributed by atoms with Crippen LogP contribution in [0.15, 0.2) is 41.6 Å². The summed E-state index contributed by atoms with van der Waals surface area (Å²) in [5.41, 5.74) is 2.23. The zero-order valence-corrected chi connectivity index (χ0v) is 20.9. The molecule has 4 aromatic rings. The zero-order chi connectivity index (χ0) is 25.6. The van der Waals surface area contributed by atoms with Gasteiger partial charge in [-0.1, -0.05) is 23.2 Å². The molecule has 4 aromatic heterocycles. The molecule has 5 heterocycles. The van der Waals surface area contributed by atoms with E-state index < -0.39 is 12.0 Å². The quantitative estimate of drug-likeness (QED) is 0.355. The highest BCUT2D eigenvalue weighted by atomic mass is 35.5. The van der Waals surface area contributed by atoms with E-state index in [1.807, 2.05) is 6.92 Å². The summed E-state index contributed by atoms with van der Waals surface area (Å²) in [5, 5.41) is 13.1. The summed E-state index contributed by atoms with van der Waals surface area (Å²) in [7, 11) is 0. The van der Waals surface area contributed by atoms with Gasteiger partial charge < -0.3 is 15.3 Å². The Morgan fingerprint density at radius 2 is 1.89 bits per heavy atom. The van der Waals surface area contributed by atoms with Gasteiger partial charge in [0.15, 0.2) is 5.69 Å². The second-order valence-corrected chi connectivity index (χ2v) is 9.34. The number of anilines is 2. The highest BCUT2D eigenvalue weighted by Crippen LogP contribution is 2.29. The Labute approximate surface area is 215 Å². The molecule has 10 nitrogen and oxygen atoms in total. The molecule has 5 rings (SSSR count). The average molecular weight is 526 g/mol. The fourth-order valence-electron chi connectivity index (χ4n) is 4.07. The molecule has 12 heteroatoms. The standard InChI is InChI=1S/C24H21Cl2N7O3/c1-12-19(14-9-27-24(28-10-14)32-6-3-7-32)31-21-16(8-15(25)11-33(21)22(12)34)13(2)29-17-4-5-18(26)30-20(17)23(35)36/h4-5,8-11,13,29H,3,6-7H2,1-2H3,(H,35,36)/t13-/m1/s1. The number of aromatic nitrogens is 5. The minimum Gasteiger partial charge on any atom is -0.476 e. The summed E-state index contributed by atoms with van der Waals surface area (Å²) in [5.74, 6) is -0.576. The molecule has 0 bridgehead atoms. The monoisotopic (exact) mass is 525 g/mol. The Bertz CT molecular complexity index is 1550. The van der Waals surface area contributed by atoms with Crippen LogP contribution in [-0.2, 0) is 0 Å². The lowest BCUT2D eigenvalue weighted by Crippen LogP contribution is -2.38. The van der Waals surface area contributed by atoms with Crippen LogP contribution in [0.5, 0.6) is 0 Å². The molecule has 0 radical (unpaired) electrons. The van der Waals surface area contributed by atoms with Gasteiger partial charge in [0.1, 0.15) is 10.8 Å². The summed E-state index contributed by atoms with van der Waals surface area (Å²) in [6.07, 6.45) is 5.96. The minimum atomic E-state index is -1.22. The second kappa shape index (κ2) is 9.36. The summed E-state index contributed by atoms with van der Waals surface area (Å²) in [6.45, 7) is 5.36. The molecule has 0 spiro atoms. The third-order valence-corrected chi connectivity index (χ3v) is 6.51. The van der Waals surface area contributed by atoms with Crippen molar-refractivity contribution in [3.63, 3.8) is 0 Å². The Morgan fingerprint density at radius 1 is 1.17 bits per heavy atom. The number of hydrogen-bond acceptors (Lipinski definition) is 8. The van der Waals surface area contributed by atoms with Gasteiger partial charge in [-0.25, -0.2) is 24.7 Å². The van der Waals surface area contributed by atoms with Crippen LogP contribution in [0.1, 0.15) is 41.0 Å². The van der Waals surface area contributed by atoms with Crippen molar-refractivity contribution in [2.75, 3.05) is 23.3 Å². The molecule has 0 amide bonds. The highest BCUT2D eigenvalue weighted by molar-refractivity contribution is 6.30. The molecule has 0 unspecified atom stereocenters. The molecule has 0 aromatic carbocycles. The zero-order valence-electron chi connectivity index (χ0n) is 19.4. The first-order valence-electron chi connectivity index (χ1n) is 11.2. The van der Waals surface area contributed by atoms with E-state index in [0.29, 0.717) is 39.0 Å². The smallest absolute Gasteiger partial charge is 0.356 e. The lowest BCUT2D eigenvalue weighted by Gasteiger charge is -2.30. The van der Waals surface area contributed by atoms with Crippen molar-refractivity contribution in [3.8, 4) is 11.3 Å². The van der Waals surface area contributed by atoms with Crippen LogP contribution in [0.4, 0.5) is 11.6 Å². The van der Waals surface area contributed by atoms with Crippen LogP contribution < -0.4 is 15.8 Å². The number of carboxylic acid groups (broad SMARTS) is 1. The number of halogens is 2. The first-order valence-corrected chi connectivity index (χ1v) is 11.9. The Hall–Kier alpha value is -3.76. The van der Waals surface area contributed by atoms with Gasteiger partial charge in [0.25, 0.3) is 5.56 Å². The lowest BCUT2D eigenvalue weighted by atomic mass is 10.1. The van der Waals surface area contributed by atoms with Gasteiger partial charge in [0.05, 0.1) is 22.4 Å². The predicted octanol–water partition coefficient (Wildman–Crippen LogP) is 4.24. The fraction of sp³-hybridized carbons (Fsp3) is 0.250. The number of hydrogen-bond donors (Lipinski definition) is 2. The third-order valence-electron chi connectivity index (χ3n) is 6.10. The Kier molecular flexibility index (Phi) is 6.23. The number of pyridine rings is 2. The number of nitrogens with zero attached hydrogens (tertiary/aromatic N) is 6. The molecule has 1 fully saturated rings. The molecule has 1 aliphatic heterocycles. The largest absolute Gasteiger partial charge is 0.476 e. The van der Waals surface area contributed by atoms with E-state index in [0.717, 1.165) is 19.5 Å². The van der Waals surface area contributed by atoms with Crippen LogP contribution in [-0.4, -0.2) is 48.5 Å². The van der Waals surface area contributed by atoms with E-state index >= 15 is 0 Å². The normalized spacial score (nSPS) is 13.9. The van der Waals surface area contributed by atoms with Crippen molar-refractivity contribution in [3.05, 3.63) is 74.1 Å². The van der Waals surface area contributed by atoms with E-state index in [1.54, 1.807) is 25.4 Å². The second-order valence-electron chi connectivity index (χ2n) is 8.51. The Balaban J connectivity index is 1.60. The number of fused-ring (bicyclic) bond motifs is 1. The number of nitrogens with one attached hydrogen (secondary N) is 1. The minimum absolute atomic E-state index is 0.0643. The van der Waals surface area contributed by atoms with Crippen molar-refractivity contribution in [2.45, 2.75) is 26.3 Å². The maximum absolute atomic E-state index is 13.3. The number of aromatic carboxylic acids is 1. The van der Waals surface area contributed by atoms with Gasteiger partial charge in [-0.15, -0.1) is 0 Å². The van der Waals surface area contributed by atoms with Crippen molar-refractivity contribution in [1.29, 1.82) is 0 Å². The van der Waals surface area contributed by atoms with Crippen molar-refractivity contribution < 1.29 is 9.90 Å². The molecule has 36 heavy (non-hydrogen) atoms. The molecule has 2 N–H and O–H groups in total. The van der Waals surface area contributed by atoms with E-state index in [-0.39, 0.29) is 22.1 Å². The van der Waals surface area contributed by atoms with Gasteiger partial charge in [-0.05, 0) is 38.5 Å². The van der Waals surface area contributed by atoms with Crippen LogP contribution in [0.3, 0.4) is 0 Å².